The third kappa shape index (κ3) is 4.35. The number of likely N-dealkylation sites (N-methyl/N-ethyl adjacent to an activating group) is 1. The molecule has 0 spiro atoms. The lowest BCUT2D eigenvalue weighted by Crippen LogP contribution is -2.54. The second kappa shape index (κ2) is 8.10. The molecule has 1 saturated carbocycles. The van der Waals surface area contributed by atoms with Crippen LogP contribution < -0.4 is 0 Å². The van der Waals surface area contributed by atoms with Crippen LogP contribution in [-0.2, 0) is 11.3 Å². The number of carbonyl (C=O) groups is 1. The highest BCUT2D eigenvalue weighted by Crippen LogP contribution is 2.25. The molecule has 2 atom stereocenters. The number of hydrogen-bond donors (Lipinski definition) is 1. The maximum atomic E-state index is 12.5. The van der Waals surface area contributed by atoms with Gasteiger partial charge in [0.2, 0.25) is 5.91 Å². The molecule has 1 N–H and O–H groups in total. The van der Waals surface area contributed by atoms with Crippen LogP contribution in [0.2, 0.25) is 0 Å². The van der Waals surface area contributed by atoms with Gasteiger partial charge >= 0.3 is 0 Å². The van der Waals surface area contributed by atoms with E-state index in [1.165, 1.54) is 5.56 Å². The Hall–Kier alpha value is -1.43. The van der Waals surface area contributed by atoms with E-state index in [-0.39, 0.29) is 12.0 Å². The summed E-state index contributed by atoms with van der Waals surface area (Å²) >= 11 is 0. The topological polar surface area (TPSA) is 47.0 Å². The highest BCUT2D eigenvalue weighted by molar-refractivity contribution is 5.78. The molecule has 2 aliphatic rings. The summed E-state index contributed by atoms with van der Waals surface area (Å²) in [5.74, 6) is 0.208. The monoisotopic (exact) mass is 331 g/mol. The predicted molar refractivity (Wildman–Crippen MR) is 94.6 cm³/mol. The zero-order chi connectivity index (χ0) is 16.9. The number of carbonyl (C=O) groups excluding carboxylic acids is 1. The predicted octanol–water partition coefficient (Wildman–Crippen LogP) is 1.18. The van der Waals surface area contributed by atoms with Crippen molar-refractivity contribution in [3.8, 4) is 0 Å². The van der Waals surface area contributed by atoms with E-state index in [9.17, 15) is 9.90 Å². The normalized spacial score (nSPS) is 25.4. The molecule has 0 radical (unpaired) electrons. The average molecular weight is 331 g/mol. The van der Waals surface area contributed by atoms with Crippen LogP contribution in [0.3, 0.4) is 0 Å². The van der Waals surface area contributed by atoms with Gasteiger partial charge in [0.1, 0.15) is 0 Å². The molecular formula is C19H29N3O2. The summed E-state index contributed by atoms with van der Waals surface area (Å²) in [6.45, 7) is 4.58. The summed E-state index contributed by atoms with van der Waals surface area (Å²) in [6, 6.07) is 10.6. The van der Waals surface area contributed by atoms with Crippen LogP contribution in [0.25, 0.3) is 0 Å². The van der Waals surface area contributed by atoms with Gasteiger partial charge in [-0.25, -0.2) is 0 Å². The van der Waals surface area contributed by atoms with Gasteiger partial charge in [-0.3, -0.25) is 14.6 Å². The number of hydrogen-bond acceptors (Lipinski definition) is 4. The van der Waals surface area contributed by atoms with Crippen LogP contribution in [0.1, 0.15) is 24.8 Å². The molecule has 0 aromatic heterocycles. The van der Waals surface area contributed by atoms with Gasteiger partial charge in [-0.2, -0.15) is 0 Å². The van der Waals surface area contributed by atoms with Gasteiger partial charge in [0.05, 0.1) is 12.6 Å². The number of aliphatic hydroxyl groups is 1. The number of aliphatic hydroxyl groups excluding tert-OH is 1. The Morgan fingerprint density at radius 2 is 1.88 bits per heavy atom. The summed E-state index contributed by atoms with van der Waals surface area (Å²) in [6.07, 6.45) is 2.96. The molecule has 5 heteroatoms. The van der Waals surface area contributed by atoms with Crippen LogP contribution in [0.5, 0.6) is 0 Å². The lowest BCUT2D eigenvalue weighted by molar-refractivity contribution is -0.134. The van der Waals surface area contributed by atoms with Crippen LogP contribution in [0, 0.1) is 0 Å². The van der Waals surface area contributed by atoms with E-state index in [0.717, 1.165) is 52.0 Å². The van der Waals surface area contributed by atoms with Gasteiger partial charge in [0, 0.05) is 38.8 Å². The molecule has 1 aromatic carbocycles. The molecule has 132 valence electrons. The number of amides is 1. The summed E-state index contributed by atoms with van der Waals surface area (Å²) < 4.78 is 0. The Morgan fingerprint density at radius 1 is 1.17 bits per heavy atom. The number of rotatable bonds is 5. The Labute approximate surface area is 144 Å². The smallest absolute Gasteiger partial charge is 0.236 e. The van der Waals surface area contributed by atoms with Gasteiger partial charge in [0.15, 0.2) is 0 Å². The quantitative estimate of drug-likeness (QED) is 0.880. The van der Waals surface area contributed by atoms with Crippen LogP contribution >= 0.6 is 0 Å². The van der Waals surface area contributed by atoms with Crippen molar-refractivity contribution in [3.05, 3.63) is 35.9 Å². The van der Waals surface area contributed by atoms with Crippen molar-refractivity contribution in [2.24, 2.45) is 0 Å². The minimum absolute atomic E-state index is 0.177. The molecule has 3 rings (SSSR count). The molecule has 2 fully saturated rings. The molecule has 1 aliphatic carbocycles. The second-order valence-corrected chi connectivity index (χ2v) is 7.14. The zero-order valence-electron chi connectivity index (χ0n) is 14.6. The first kappa shape index (κ1) is 17.4. The van der Waals surface area contributed by atoms with E-state index in [2.05, 4.69) is 21.9 Å². The first-order valence-corrected chi connectivity index (χ1v) is 9.06. The van der Waals surface area contributed by atoms with Gasteiger partial charge < -0.3 is 10.0 Å². The number of piperazine rings is 1. The molecule has 0 unspecified atom stereocenters. The number of nitrogens with zero attached hydrogens (tertiary/aromatic N) is 3. The fraction of sp³-hybridized carbons (Fsp3) is 0.632. The fourth-order valence-electron chi connectivity index (χ4n) is 3.93. The second-order valence-electron chi connectivity index (χ2n) is 7.14. The van der Waals surface area contributed by atoms with E-state index in [1.54, 1.807) is 0 Å². The van der Waals surface area contributed by atoms with Gasteiger partial charge in [-0.1, -0.05) is 30.3 Å². The van der Waals surface area contributed by atoms with E-state index < -0.39 is 0 Å². The Morgan fingerprint density at radius 3 is 2.50 bits per heavy atom. The minimum atomic E-state index is -0.177. The van der Waals surface area contributed by atoms with Gasteiger partial charge in [-0.05, 0) is 31.9 Å². The van der Waals surface area contributed by atoms with Crippen molar-refractivity contribution < 1.29 is 9.90 Å². The number of benzene rings is 1. The molecule has 0 bridgehead atoms. The molecule has 24 heavy (non-hydrogen) atoms. The lowest BCUT2D eigenvalue weighted by Gasteiger charge is -2.39. The van der Waals surface area contributed by atoms with Crippen molar-refractivity contribution in [2.75, 3.05) is 39.8 Å². The van der Waals surface area contributed by atoms with Crippen LogP contribution in [0.15, 0.2) is 30.3 Å². The van der Waals surface area contributed by atoms with Crippen LogP contribution in [-0.4, -0.2) is 77.6 Å². The molecule has 1 amide bonds. The highest BCUT2D eigenvalue weighted by atomic mass is 16.3. The summed E-state index contributed by atoms with van der Waals surface area (Å²) in [5, 5.41) is 10.0. The van der Waals surface area contributed by atoms with Crippen molar-refractivity contribution >= 4 is 5.91 Å². The molecule has 1 aromatic rings. The Balaban J connectivity index is 1.43. The summed E-state index contributed by atoms with van der Waals surface area (Å²) in [7, 11) is 2.00. The molecule has 1 aliphatic heterocycles. The lowest BCUT2D eigenvalue weighted by atomic mass is 10.1. The third-order valence-corrected chi connectivity index (χ3v) is 5.28. The third-order valence-electron chi connectivity index (χ3n) is 5.28. The average Bonchev–Trinajstić information content (AvgIpc) is 3.02. The molecule has 1 saturated heterocycles. The Kier molecular flexibility index (Phi) is 5.87. The zero-order valence-corrected chi connectivity index (χ0v) is 14.6. The molecule has 5 nitrogen and oxygen atoms in total. The van der Waals surface area contributed by atoms with E-state index in [4.69, 9.17) is 0 Å². The Bertz CT molecular complexity index is 529. The van der Waals surface area contributed by atoms with Crippen molar-refractivity contribution in [1.82, 2.24) is 14.7 Å². The largest absolute Gasteiger partial charge is 0.391 e. The molecule has 1 heterocycles. The maximum Gasteiger partial charge on any atom is 0.236 e. The summed E-state index contributed by atoms with van der Waals surface area (Å²) in [4.78, 5) is 18.9. The van der Waals surface area contributed by atoms with Crippen molar-refractivity contribution in [2.45, 2.75) is 38.0 Å². The van der Waals surface area contributed by atoms with Gasteiger partial charge in [-0.15, -0.1) is 0 Å². The maximum absolute atomic E-state index is 12.5. The highest BCUT2D eigenvalue weighted by Gasteiger charge is 2.33. The van der Waals surface area contributed by atoms with Crippen LogP contribution in [0.4, 0.5) is 0 Å². The van der Waals surface area contributed by atoms with Crippen molar-refractivity contribution in [3.63, 3.8) is 0 Å². The van der Waals surface area contributed by atoms with Gasteiger partial charge in [0.25, 0.3) is 0 Å². The van der Waals surface area contributed by atoms with E-state index in [1.807, 2.05) is 30.1 Å². The molecular weight excluding hydrogens is 302 g/mol. The minimum Gasteiger partial charge on any atom is -0.391 e. The standard InChI is InChI=1S/C19H29N3O2/c1-20(14-16-6-3-2-4-7-16)15-19(24)22-12-10-21(11-13-22)17-8-5-9-18(17)23/h2-4,6-7,17-18,23H,5,8-15H2,1H3/t17-,18-/m0/s1. The first-order valence-electron chi connectivity index (χ1n) is 9.06. The first-order chi connectivity index (χ1) is 11.6. The van der Waals surface area contributed by atoms with E-state index >= 15 is 0 Å². The fourth-order valence-corrected chi connectivity index (χ4v) is 3.93. The summed E-state index contributed by atoms with van der Waals surface area (Å²) in [5.41, 5.74) is 1.23. The SMILES string of the molecule is CN(CC(=O)N1CCN([C@H]2CCC[C@@H]2O)CC1)Cc1ccccc1. The van der Waals surface area contributed by atoms with E-state index in [0.29, 0.717) is 12.6 Å². The van der Waals surface area contributed by atoms with Crippen molar-refractivity contribution in [1.29, 1.82) is 0 Å².